The van der Waals surface area contributed by atoms with Crippen LogP contribution in [0.1, 0.15) is 29.3 Å². The maximum Gasteiger partial charge on any atom is 0.275 e. The lowest BCUT2D eigenvalue weighted by atomic mass is 9.97. The number of nitrogens with one attached hydrogen (secondary N) is 2. The van der Waals surface area contributed by atoms with Crippen molar-refractivity contribution in [2.45, 2.75) is 25.2 Å². The molecule has 4 nitrogen and oxygen atoms in total. The highest BCUT2D eigenvalue weighted by atomic mass is 35.5. The molecule has 146 valence electrons. The van der Waals surface area contributed by atoms with E-state index in [1.54, 1.807) is 0 Å². The van der Waals surface area contributed by atoms with Gasteiger partial charge in [-0.3, -0.25) is 4.79 Å². The molecule has 2 N–H and O–H groups in total. The number of amides is 1. The van der Waals surface area contributed by atoms with E-state index in [2.05, 4.69) is 23.5 Å². The maximum absolute atomic E-state index is 12.3. The van der Waals surface area contributed by atoms with Crippen molar-refractivity contribution in [3.63, 3.8) is 0 Å². The molecule has 1 aromatic heterocycles. The van der Waals surface area contributed by atoms with Crippen LogP contribution in [0.3, 0.4) is 0 Å². The molecule has 0 radical (unpaired) electrons. The molecule has 1 saturated heterocycles. The number of carbonyl (C=O) groups excluding carboxylic acids is 1. The molecule has 6 heteroatoms. The van der Waals surface area contributed by atoms with Crippen molar-refractivity contribution in [2.75, 3.05) is 26.2 Å². The molecule has 0 unspecified atom stereocenters. The van der Waals surface area contributed by atoms with E-state index in [4.69, 9.17) is 16.6 Å². The normalized spacial score (nSPS) is 19.6. The summed E-state index contributed by atoms with van der Waals surface area (Å²) in [5.74, 6) is 0.669. The van der Waals surface area contributed by atoms with E-state index in [0.29, 0.717) is 19.0 Å². The van der Waals surface area contributed by atoms with Crippen LogP contribution in [-0.4, -0.2) is 37.1 Å². The minimum atomic E-state index is 0.135. The van der Waals surface area contributed by atoms with Crippen molar-refractivity contribution >= 4 is 39.1 Å². The molecule has 0 saturated carbocycles. The quantitative estimate of drug-likeness (QED) is 0.651. The predicted octanol–water partition coefficient (Wildman–Crippen LogP) is 3.07. The van der Waals surface area contributed by atoms with E-state index in [9.17, 15) is 4.79 Å². The fourth-order valence-electron chi connectivity index (χ4n) is 3.84. The maximum atomic E-state index is 12.3. The smallest absolute Gasteiger partial charge is 0.275 e. The molecule has 1 amide bonds. The van der Waals surface area contributed by atoms with Gasteiger partial charge >= 0.3 is 0 Å². The number of nitrogens with zero attached hydrogens (tertiary/aromatic N) is 1. The first-order valence-electron chi connectivity index (χ1n) is 9.87. The molecule has 2 heterocycles. The van der Waals surface area contributed by atoms with Crippen LogP contribution in [0.4, 0.5) is 0 Å². The van der Waals surface area contributed by atoms with Gasteiger partial charge in [-0.1, -0.05) is 35.9 Å². The highest BCUT2D eigenvalue weighted by Gasteiger charge is 2.26. The number of piperidine rings is 1. The van der Waals surface area contributed by atoms with E-state index >= 15 is 0 Å². The number of fused-ring (bicyclic) bond motifs is 1. The van der Waals surface area contributed by atoms with E-state index < -0.39 is 0 Å². The Labute approximate surface area is 174 Å². The van der Waals surface area contributed by atoms with Crippen molar-refractivity contribution in [2.24, 2.45) is 0 Å². The van der Waals surface area contributed by atoms with Gasteiger partial charge in [-0.15, -0.1) is 11.3 Å². The number of aromatic nitrogens is 1. The predicted molar refractivity (Wildman–Crippen MR) is 115 cm³/mol. The van der Waals surface area contributed by atoms with Gasteiger partial charge in [0, 0.05) is 30.3 Å². The summed E-state index contributed by atoms with van der Waals surface area (Å²) < 4.78 is 1.27. The molecular formula is C22H25ClN3OS+. The summed E-state index contributed by atoms with van der Waals surface area (Å²) in [5.41, 5.74) is 2.26. The van der Waals surface area contributed by atoms with Crippen LogP contribution in [0.2, 0.25) is 5.02 Å². The number of benzene rings is 2. The largest absolute Gasteiger partial charge is 0.351 e. The highest BCUT2D eigenvalue weighted by Crippen LogP contribution is 2.31. The molecule has 0 aliphatic carbocycles. The van der Waals surface area contributed by atoms with Crippen molar-refractivity contribution in [1.29, 1.82) is 0 Å². The van der Waals surface area contributed by atoms with Gasteiger partial charge in [0.15, 0.2) is 6.54 Å². The Morgan fingerprint density at radius 3 is 2.79 bits per heavy atom. The van der Waals surface area contributed by atoms with Crippen LogP contribution >= 0.6 is 22.9 Å². The van der Waals surface area contributed by atoms with Crippen LogP contribution in [0.25, 0.3) is 10.2 Å². The Morgan fingerprint density at radius 2 is 2.00 bits per heavy atom. The van der Waals surface area contributed by atoms with Crippen molar-refractivity contribution in [1.82, 2.24) is 10.3 Å². The Balaban J connectivity index is 1.21. The molecule has 28 heavy (non-hydrogen) atoms. The molecule has 2 aromatic carbocycles. The number of thiazole rings is 1. The van der Waals surface area contributed by atoms with Crippen LogP contribution < -0.4 is 10.2 Å². The van der Waals surface area contributed by atoms with Gasteiger partial charge in [-0.25, -0.2) is 4.98 Å². The Hall–Kier alpha value is -1.95. The molecule has 1 aliphatic rings. The van der Waals surface area contributed by atoms with E-state index in [1.807, 2.05) is 41.7 Å². The fourth-order valence-corrected chi connectivity index (χ4v) is 5.19. The second-order valence-corrected chi connectivity index (χ2v) is 8.95. The highest BCUT2D eigenvalue weighted by molar-refractivity contribution is 7.18. The molecule has 0 spiro atoms. The van der Waals surface area contributed by atoms with E-state index in [-0.39, 0.29) is 5.91 Å². The van der Waals surface area contributed by atoms with Gasteiger partial charge in [-0.05, 0) is 36.2 Å². The minimum absolute atomic E-state index is 0.135. The van der Waals surface area contributed by atoms with Gasteiger partial charge < -0.3 is 10.2 Å². The zero-order valence-corrected chi connectivity index (χ0v) is 17.4. The first kappa shape index (κ1) is 19.4. The lowest BCUT2D eigenvalue weighted by Crippen LogP contribution is -3.14. The van der Waals surface area contributed by atoms with Crippen LogP contribution in [0, 0.1) is 0 Å². The lowest BCUT2D eigenvalue weighted by molar-refractivity contribution is -0.897. The molecule has 3 aromatic rings. The fraction of sp³-hybridized carbons (Fsp3) is 0.364. The molecule has 4 rings (SSSR count). The van der Waals surface area contributed by atoms with Gasteiger partial charge in [0.25, 0.3) is 5.91 Å². The van der Waals surface area contributed by atoms with Gasteiger partial charge in [-0.2, -0.15) is 0 Å². The van der Waals surface area contributed by atoms with Crippen molar-refractivity contribution in [3.8, 4) is 0 Å². The van der Waals surface area contributed by atoms with Gasteiger partial charge in [0.05, 0.1) is 28.3 Å². The van der Waals surface area contributed by atoms with Crippen LogP contribution in [-0.2, 0) is 11.2 Å². The summed E-state index contributed by atoms with van der Waals surface area (Å²) in [6, 6.07) is 16.1. The third-order valence-corrected chi connectivity index (χ3v) is 6.82. The zero-order chi connectivity index (χ0) is 19.3. The minimum Gasteiger partial charge on any atom is -0.351 e. The molecule has 0 bridgehead atoms. The average molecular weight is 415 g/mol. The summed E-state index contributed by atoms with van der Waals surface area (Å²) in [6.07, 6.45) is 3.01. The first-order chi connectivity index (χ1) is 13.7. The summed E-state index contributed by atoms with van der Waals surface area (Å²) in [5, 5.41) is 5.04. The van der Waals surface area contributed by atoms with E-state index in [1.165, 1.54) is 14.6 Å². The number of rotatable bonds is 6. The third-order valence-electron chi connectivity index (χ3n) is 5.39. The number of halogens is 1. The molecule has 1 aliphatic heterocycles. The van der Waals surface area contributed by atoms with Gasteiger partial charge in [0.1, 0.15) is 0 Å². The number of hydrogen-bond donors (Lipinski definition) is 2. The Kier molecular flexibility index (Phi) is 6.25. The zero-order valence-electron chi connectivity index (χ0n) is 15.8. The second-order valence-electron chi connectivity index (χ2n) is 7.45. The van der Waals surface area contributed by atoms with Gasteiger partial charge in [0.2, 0.25) is 0 Å². The van der Waals surface area contributed by atoms with Crippen molar-refractivity contribution < 1.29 is 9.69 Å². The lowest BCUT2D eigenvalue weighted by Gasteiger charge is -2.27. The summed E-state index contributed by atoms with van der Waals surface area (Å²) in [7, 11) is 0. The second kappa shape index (κ2) is 9.03. The average Bonchev–Trinajstić information content (AvgIpc) is 3.13. The third kappa shape index (κ3) is 4.90. The topological polar surface area (TPSA) is 46.4 Å². The monoisotopic (exact) mass is 414 g/mol. The standard InChI is InChI=1S/C22H24ClN3OS/c23-18-5-3-4-16(14-18)8-11-24-21(27)15-26-12-9-17(10-13-26)22-25-19-6-1-2-7-20(19)28-22/h1-7,14,17H,8-13,15H2,(H,24,27)/p+1. The molecule has 1 fully saturated rings. The number of quaternary nitrogens is 1. The number of likely N-dealkylation sites (tertiary alicyclic amines) is 1. The summed E-state index contributed by atoms with van der Waals surface area (Å²) in [4.78, 5) is 18.5. The number of hydrogen-bond acceptors (Lipinski definition) is 3. The van der Waals surface area contributed by atoms with E-state index in [0.717, 1.165) is 48.5 Å². The van der Waals surface area contributed by atoms with Crippen LogP contribution in [0.5, 0.6) is 0 Å². The number of carbonyl (C=O) groups is 1. The number of para-hydroxylation sites is 1. The Bertz CT molecular complexity index is 917. The Morgan fingerprint density at radius 1 is 1.18 bits per heavy atom. The molecular weight excluding hydrogens is 390 g/mol. The van der Waals surface area contributed by atoms with Crippen molar-refractivity contribution in [3.05, 3.63) is 64.1 Å². The molecule has 0 atom stereocenters. The summed E-state index contributed by atoms with van der Waals surface area (Å²) in [6.45, 7) is 3.27. The summed E-state index contributed by atoms with van der Waals surface area (Å²) >= 11 is 7.82. The van der Waals surface area contributed by atoms with Crippen LogP contribution in [0.15, 0.2) is 48.5 Å². The first-order valence-corrected chi connectivity index (χ1v) is 11.1. The SMILES string of the molecule is O=C(C[NH+]1CCC(c2nc3ccccc3s2)CC1)NCCc1cccc(Cl)c1.